The van der Waals surface area contributed by atoms with Crippen LogP contribution >= 0.6 is 0 Å². The number of imidazole rings is 1. The topological polar surface area (TPSA) is 93.4 Å². The predicted octanol–water partition coefficient (Wildman–Crippen LogP) is 2.66. The summed E-state index contributed by atoms with van der Waals surface area (Å²) in [5, 5.41) is 6.49. The lowest BCUT2D eigenvalue weighted by atomic mass is 9.86. The van der Waals surface area contributed by atoms with Crippen LogP contribution in [-0.2, 0) is 9.53 Å². The summed E-state index contributed by atoms with van der Waals surface area (Å²) < 4.78 is 20.9. The van der Waals surface area contributed by atoms with Gasteiger partial charge >= 0.3 is 5.97 Å². The van der Waals surface area contributed by atoms with Crippen LogP contribution in [0.25, 0.3) is 17.0 Å². The summed E-state index contributed by atoms with van der Waals surface area (Å²) in [6.07, 6.45) is 8.72. The Balaban J connectivity index is 1.35. The molecule has 1 saturated carbocycles. The number of methoxy groups -OCH3 is 1. The third-order valence-corrected chi connectivity index (χ3v) is 5.56. The zero-order chi connectivity index (χ0) is 20.9. The van der Waals surface area contributed by atoms with Gasteiger partial charge in [0.25, 0.3) is 0 Å². The van der Waals surface area contributed by atoms with Gasteiger partial charge in [0.15, 0.2) is 5.82 Å². The summed E-state index contributed by atoms with van der Waals surface area (Å²) in [7, 11) is 1.39. The molecule has 0 aromatic carbocycles. The SMILES string of the molecule is COC(=O)CNC1CCC(CNc2ncc(F)c(-c3cnc4ccccn34)n2)CC1. The zero-order valence-corrected chi connectivity index (χ0v) is 16.8. The first-order chi connectivity index (χ1) is 14.6. The van der Waals surface area contributed by atoms with Gasteiger partial charge in [-0.3, -0.25) is 9.20 Å². The Kier molecular flexibility index (Phi) is 6.18. The molecule has 4 rings (SSSR count). The number of hydrogen-bond donors (Lipinski definition) is 2. The number of nitrogens with zero attached hydrogens (tertiary/aromatic N) is 4. The van der Waals surface area contributed by atoms with Crippen molar-refractivity contribution in [2.75, 3.05) is 25.5 Å². The monoisotopic (exact) mass is 412 g/mol. The predicted molar refractivity (Wildman–Crippen MR) is 110 cm³/mol. The van der Waals surface area contributed by atoms with E-state index in [-0.39, 0.29) is 18.2 Å². The molecular weight excluding hydrogens is 387 g/mol. The summed E-state index contributed by atoms with van der Waals surface area (Å²) >= 11 is 0. The van der Waals surface area contributed by atoms with Crippen molar-refractivity contribution in [3.8, 4) is 11.4 Å². The molecule has 1 aliphatic rings. The van der Waals surface area contributed by atoms with E-state index in [2.05, 4.69) is 30.3 Å². The molecule has 158 valence electrons. The van der Waals surface area contributed by atoms with Crippen molar-refractivity contribution in [1.29, 1.82) is 0 Å². The molecule has 0 radical (unpaired) electrons. The number of nitrogens with one attached hydrogen (secondary N) is 2. The molecule has 1 aliphatic carbocycles. The van der Waals surface area contributed by atoms with Crippen LogP contribution in [0.3, 0.4) is 0 Å². The number of anilines is 1. The van der Waals surface area contributed by atoms with Crippen LogP contribution < -0.4 is 10.6 Å². The van der Waals surface area contributed by atoms with E-state index >= 15 is 0 Å². The number of carbonyl (C=O) groups is 1. The maximum atomic E-state index is 14.4. The van der Waals surface area contributed by atoms with Crippen molar-refractivity contribution in [2.45, 2.75) is 31.7 Å². The first-order valence-electron chi connectivity index (χ1n) is 10.1. The van der Waals surface area contributed by atoms with Gasteiger partial charge in [0.05, 0.1) is 31.7 Å². The molecule has 3 aromatic heterocycles. The van der Waals surface area contributed by atoms with Gasteiger partial charge in [-0.05, 0) is 43.7 Å². The number of aromatic nitrogens is 4. The van der Waals surface area contributed by atoms with Gasteiger partial charge in [-0.25, -0.2) is 19.3 Å². The number of ether oxygens (including phenoxy) is 1. The van der Waals surface area contributed by atoms with Gasteiger partial charge in [0.2, 0.25) is 5.95 Å². The Morgan fingerprint density at radius 3 is 2.87 bits per heavy atom. The highest BCUT2D eigenvalue weighted by molar-refractivity contribution is 5.71. The standard InChI is InChI=1S/C21H25FN6O2/c1-30-19(29)13-23-15-7-5-14(6-8-15)10-25-21-26-11-16(22)20(27-21)17-12-24-18-4-2-3-9-28(17)18/h2-4,9,11-12,14-15,23H,5-8,10,13H2,1H3,(H,25,26,27). The second-order valence-corrected chi connectivity index (χ2v) is 7.52. The van der Waals surface area contributed by atoms with Crippen molar-refractivity contribution >= 4 is 17.6 Å². The fourth-order valence-electron chi connectivity index (χ4n) is 3.85. The van der Waals surface area contributed by atoms with Gasteiger partial charge in [-0.15, -0.1) is 0 Å². The van der Waals surface area contributed by atoms with Crippen LogP contribution in [-0.4, -0.2) is 51.6 Å². The third-order valence-electron chi connectivity index (χ3n) is 5.56. The molecular formula is C21H25FN6O2. The van der Waals surface area contributed by atoms with Gasteiger partial charge in [-0.1, -0.05) is 6.07 Å². The van der Waals surface area contributed by atoms with E-state index < -0.39 is 5.82 Å². The number of carbonyl (C=O) groups excluding carboxylic acids is 1. The highest BCUT2D eigenvalue weighted by atomic mass is 19.1. The molecule has 30 heavy (non-hydrogen) atoms. The van der Waals surface area contributed by atoms with Gasteiger partial charge in [0.1, 0.15) is 11.3 Å². The van der Waals surface area contributed by atoms with E-state index in [0.29, 0.717) is 23.6 Å². The van der Waals surface area contributed by atoms with E-state index in [9.17, 15) is 9.18 Å². The second-order valence-electron chi connectivity index (χ2n) is 7.52. The summed E-state index contributed by atoms with van der Waals surface area (Å²) in [6.45, 7) is 0.974. The van der Waals surface area contributed by atoms with E-state index in [1.165, 1.54) is 13.3 Å². The Morgan fingerprint density at radius 2 is 2.07 bits per heavy atom. The lowest BCUT2D eigenvalue weighted by Crippen LogP contribution is -2.37. The molecule has 9 heteroatoms. The van der Waals surface area contributed by atoms with Gasteiger partial charge in [0, 0.05) is 18.8 Å². The average molecular weight is 412 g/mol. The zero-order valence-electron chi connectivity index (χ0n) is 16.8. The van der Waals surface area contributed by atoms with E-state index in [4.69, 9.17) is 0 Å². The Hall–Kier alpha value is -3.07. The fraction of sp³-hybridized carbons (Fsp3) is 0.429. The summed E-state index contributed by atoms with van der Waals surface area (Å²) in [6, 6.07) is 5.95. The lowest BCUT2D eigenvalue weighted by molar-refractivity contribution is -0.139. The largest absolute Gasteiger partial charge is 0.468 e. The molecule has 0 spiro atoms. The number of fused-ring (bicyclic) bond motifs is 1. The van der Waals surface area contributed by atoms with Crippen LogP contribution in [0.4, 0.5) is 10.3 Å². The number of pyridine rings is 1. The van der Waals surface area contributed by atoms with E-state index in [1.54, 1.807) is 10.6 Å². The smallest absolute Gasteiger partial charge is 0.319 e. The summed E-state index contributed by atoms with van der Waals surface area (Å²) in [5.74, 6) is 0.162. The summed E-state index contributed by atoms with van der Waals surface area (Å²) in [5.41, 5.74) is 1.55. The molecule has 3 aromatic rings. The van der Waals surface area contributed by atoms with Crippen LogP contribution in [0.2, 0.25) is 0 Å². The molecule has 1 fully saturated rings. The molecule has 0 atom stereocenters. The number of esters is 1. The van der Waals surface area contributed by atoms with Crippen molar-refractivity contribution in [3.63, 3.8) is 0 Å². The van der Waals surface area contributed by atoms with Crippen LogP contribution in [0.5, 0.6) is 0 Å². The normalized spacial score (nSPS) is 19.0. The highest BCUT2D eigenvalue weighted by Crippen LogP contribution is 2.25. The maximum Gasteiger partial charge on any atom is 0.319 e. The molecule has 8 nitrogen and oxygen atoms in total. The molecule has 0 bridgehead atoms. The molecule has 0 saturated heterocycles. The third kappa shape index (κ3) is 4.56. The van der Waals surface area contributed by atoms with Crippen molar-refractivity contribution in [3.05, 3.63) is 42.6 Å². The number of hydrogen-bond acceptors (Lipinski definition) is 7. The lowest BCUT2D eigenvalue weighted by Gasteiger charge is -2.29. The molecule has 0 unspecified atom stereocenters. The molecule has 0 amide bonds. The quantitative estimate of drug-likeness (QED) is 0.576. The summed E-state index contributed by atoms with van der Waals surface area (Å²) in [4.78, 5) is 24.0. The minimum Gasteiger partial charge on any atom is -0.468 e. The number of halogens is 1. The Morgan fingerprint density at radius 1 is 1.23 bits per heavy atom. The van der Waals surface area contributed by atoms with Crippen molar-refractivity contribution in [1.82, 2.24) is 24.7 Å². The van der Waals surface area contributed by atoms with E-state index in [1.807, 2.05) is 24.4 Å². The van der Waals surface area contributed by atoms with Gasteiger partial charge < -0.3 is 15.4 Å². The maximum absolute atomic E-state index is 14.4. The number of rotatable bonds is 7. The molecule has 2 N–H and O–H groups in total. The Bertz CT molecular complexity index is 1020. The fourth-order valence-corrected chi connectivity index (χ4v) is 3.85. The van der Waals surface area contributed by atoms with Gasteiger partial charge in [-0.2, -0.15) is 0 Å². The van der Waals surface area contributed by atoms with E-state index in [0.717, 1.165) is 37.9 Å². The molecule has 0 aliphatic heterocycles. The molecule has 3 heterocycles. The van der Waals surface area contributed by atoms with Crippen LogP contribution in [0.15, 0.2) is 36.8 Å². The van der Waals surface area contributed by atoms with Crippen molar-refractivity contribution < 1.29 is 13.9 Å². The van der Waals surface area contributed by atoms with Crippen LogP contribution in [0.1, 0.15) is 25.7 Å². The minimum atomic E-state index is -0.483. The van der Waals surface area contributed by atoms with Crippen molar-refractivity contribution in [2.24, 2.45) is 5.92 Å². The minimum absolute atomic E-state index is 0.224. The highest BCUT2D eigenvalue weighted by Gasteiger charge is 2.22. The first kappa shape index (κ1) is 20.2. The van der Waals surface area contributed by atoms with Crippen LogP contribution in [0, 0.1) is 11.7 Å². The Labute approximate surface area is 173 Å². The second kappa shape index (κ2) is 9.17. The first-order valence-corrected chi connectivity index (χ1v) is 10.1. The average Bonchev–Trinajstić information content (AvgIpc) is 3.21.